The van der Waals surface area contributed by atoms with Crippen LogP contribution >= 0.6 is 0 Å². The molecule has 1 N–H and O–H groups in total. The second-order valence-corrected chi connectivity index (χ2v) is 6.82. The van der Waals surface area contributed by atoms with Crippen molar-refractivity contribution >= 4 is 5.91 Å². The molecule has 2 aromatic rings. The number of amides is 1. The molecule has 1 saturated heterocycles. The third-order valence-corrected chi connectivity index (χ3v) is 4.83. The van der Waals surface area contributed by atoms with Crippen LogP contribution in [0.2, 0.25) is 0 Å². The molecular formula is C19H25FN4O. The molecule has 1 aliphatic heterocycles. The predicted molar refractivity (Wildman–Crippen MR) is 94.9 cm³/mol. The number of nitrogens with one attached hydrogen (secondary N) is 1. The molecule has 25 heavy (non-hydrogen) atoms. The van der Waals surface area contributed by atoms with Crippen molar-refractivity contribution < 1.29 is 9.18 Å². The van der Waals surface area contributed by atoms with Crippen LogP contribution < -0.4 is 5.32 Å². The minimum Gasteiger partial charge on any atom is -0.354 e. The molecule has 1 aromatic heterocycles. The Balaban J connectivity index is 1.42. The second kappa shape index (κ2) is 7.35. The first-order valence-electron chi connectivity index (χ1n) is 8.73. The molecule has 0 radical (unpaired) electrons. The van der Waals surface area contributed by atoms with Crippen molar-refractivity contribution in [2.24, 2.45) is 0 Å². The van der Waals surface area contributed by atoms with Crippen LogP contribution in [0, 0.1) is 19.7 Å². The van der Waals surface area contributed by atoms with Gasteiger partial charge in [-0.3, -0.25) is 14.4 Å². The van der Waals surface area contributed by atoms with Crippen LogP contribution in [-0.4, -0.2) is 46.3 Å². The second-order valence-electron chi connectivity index (χ2n) is 6.82. The Hall–Kier alpha value is -2.21. The van der Waals surface area contributed by atoms with Crippen molar-refractivity contribution in [1.82, 2.24) is 20.0 Å². The van der Waals surface area contributed by atoms with Gasteiger partial charge in [-0.15, -0.1) is 0 Å². The maximum atomic E-state index is 12.9. The lowest BCUT2D eigenvalue weighted by Crippen LogP contribution is -2.56. The smallest absolute Gasteiger partial charge is 0.237 e. The Labute approximate surface area is 147 Å². The highest BCUT2D eigenvalue weighted by atomic mass is 19.1. The summed E-state index contributed by atoms with van der Waals surface area (Å²) in [6.07, 6.45) is 0.702. The van der Waals surface area contributed by atoms with E-state index in [2.05, 4.69) is 33.0 Å². The van der Waals surface area contributed by atoms with E-state index in [0.717, 1.165) is 24.3 Å². The van der Waals surface area contributed by atoms with E-state index in [9.17, 15) is 9.18 Å². The largest absolute Gasteiger partial charge is 0.354 e. The van der Waals surface area contributed by atoms with Gasteiger partial charge >= 0.3 is 0 Å². The first-order chi connectivity index (χ1) is 11.9. The highest BCUT2D eigenvalue weighted by molar-refractivity contribution is 5.81. The van der Waals surface area contributed by atoms with Crippen molar-refractivity contribution in [3.63, 3.8) is 0 Å². The molecule has 1 fully saturated rings. The Morgan fingerprint density at radius 1 is 1.32 bits per heavy atom. The summed E-state index contributed by atoms with van der Waals surface area (Å²) in [4.78, 5) is 14.5. The van der Waals surface area contributed by atoms with E-state index in [-0.39, 0.29) is 17.8 Å². The third kappa shape index (κ3) is 4.07. The molecule has 6 heteroatoms. The number of likely N-dealkylation sites (tertiary alicyclic amines) is 1. The van der Waals surface area contributed by atoms with Crippen LogP contribution in [-0.2, 0) is 11.2 Å². The molecule has 5 nitrogen and oxygen atoms in total. The summed E-state index contributed by atoms with van der Waals surface area (Å²) >= 11 is 0. The Morgan fingerprint density at radius 2 is 2.00 bits per heavy atom. The molecule has 134 valence electrons. The number of carbonyl (C=O) groups is 1. The number of aryl methyl sites for hydroxylation is 2. The Kier molecular flexibility index (Phi) is 5.18. The summed E-state index contributed by atoms with van der Waals surface area (Å²) in [5.41, 5.74) is 3.21. The van der Waals surface area contributed by atoms with E-state index in [4.69, 9.17) is 0 Å². The van der Waals surface area contributed by atoms with Gasteiger partial charge < -0.3 is 5.32 Å². The highest BCUT2D eigenvalue weighted by Crippen LogP contribution is 2.24. The minimum atomic E-state index is -0.239. The van der Waals surface area contributed by atoms with E-state index < -0.39 is 0 Å². The van der Waals surface area contributed by atoms with Crippen LogP contribution in [0.3, 0.4) is 0 Å². The summed E-state index contributed by atoms with van der Waals surface area (Å²) in [5.74, 6) is -0.203. The van der Waals surface area contributed by atoms with E-state index in [1.54, 1.807) is 12.1 Å². The number of benzene rings is 1. The van der Waals surface area contributed by atoms with E-state index in [0.29, 0.717) is 19.0 Å². The highest BCUT2D eigenvalue weighted by Gasteiger charge is 2.35. The van der Waals surface area contributed by atoms with Gasteiger partial charge in [-0.1, -0.05) is 12.1 Å². The molecule has 2 heterocycles. The SMILES string of the molecule is Cc1cc(C)n(C2CN([C@@H](C)C(=O)NCCc3ccc(F)cc3)C2)n1. The molecule has 0 unspecified atom stereocenters. The van der Waals surface area contributed by atoms with E-state index in [1.807, 2.05) is 13.8 Å². The van der Waals surface area contributed by atoms with Gasteiger partial charge in [0.15, 0.2) is 0 Å². The van der Waals surface area contributed by atoms with E-state index >= 15 is 0 Å². The third-order valence-electron chi connectivity index (χ3n) is 4.83. The lowest BCUT2D eigenvalue weighted by Gasteiger charge is -2.42. The number of carbonyl (C=O) groups excluding carboxylic acids is 1. The van der Waals surface area contributed by atoms with Gasteiger partial charge in [-0.2, -0.15) is 5.10 Å². The lowest BCUT2D eigenvalue weighted by atomic mass is 10.1. The zero-order chi connectivity index (χ0) is 18.0. The van der Waals surface area contributed by atoms with E-state index in [1.165, 1.54) is 17.8 Å². The van der Waals surface area contributed by atoms with Crippen molar-refractivity contribution in [2.75, 3.05) is 19.6 Å². The molecule has 0 aliphatic carbocycles. The molecule has 1 aromatic carbocycles. The molecule has 0 saturated carbocycles. The standard InChI is InChI=1S/C19H25FN4O/c1-13-10-14(2)24(22-13)18-11-23(12-18)15(3)19(25)21-9-8-16-4-6-17(20)7-5-16/h4-7,10,15,18H,8-9,11-12H2,1-3H3,(H,21,25)/t15-/m0/s1. The summed E-state index contributed by atoms with van der Waals surface area (Å²) in [5, 5.41) is 7.49. The topological polar surface area (TPSA) is 50.2 Å². The van der Waals surface area contributed by atoms with Gasteiger partial charge in [-0.05, 0) is 51.0 Å². The number of hydrogen-bond acceptors (Lipinski definition) is 3. The average Bonchev–Trinajstić information content (AvgIpc) is 2.86. The summed E-state index contributed by atoms with van der Waals surface area (Å²) < 4.78 is 14.9. The minimum absolute atomic E-state index is 0.0360. The molecule has 3 rings (SSSR count). The first-order valence-corrected chi connectivity index (χ1v) is 8.73. The fourth-order valence-electron chi connectivity index (χ4n) is 3.27. The average molecular weight is 344 g/mol. The molecule has 0 bridgehead atoms. The first kappa shape index (κ1) is 17.6. The maximum absolute atomic E-state index is 12.9. The lowest BCUT2D eigenvalue weighted by molar-refractivity contribution is -0.128. The van der Waals surface area contributed by atoms with Gasteiger partial charge in [0.1, 0.15) is 5.82 Å². The normalized spacial score (nSPS) is 16.5. The van der Waals surface area contributed by atoms with Crippen LogP contribution in [0.5, 0.6) is 0 Å². The fraction of sp³-hybridized carbons (Fsp3) is 0.474. The Bertz CT molecular complexity index is 734. The van der Waals surface area contributed by atoms with Crippen molar-refractivity contribution in [2.45, 2.75) is 39.3 Å². The molecule has 1 amide bonds. The van der Waals surface area contributed by atoms with Crippen LogP contribution in [0.25, 0.3) is 0 Å². The monoisotopic (exact) mass is 344 g/mol. The van der Waals surface area contributed by atoms with Gasteiger partial charge in [0, 0.05) is 25.3 Å². The number of hydrogen-bond donors (Lipinski definition) is 1. The Morgan fingerprint density at radius 3 is 2.60 bits per heavy atom. The molecule has 0 spiro atoms. The van der Waals surface area contributed by atoms with Crippen molar-refractivity contribution in [3.8, 4) is 0 Å². The van der Waals surface area contributed by atoms with Gasteiger partial charge in [0.25, 0.3) is 0 Å². The van der Waals surface area contributed by atoms with Gasteiger partial charge in [0.2, 0.25) is 5.91 Å². The summed E-state index contributed by atoms with van der Waals surface area (Å²) in [7, 11) is 0. The molecular weight excluding hydrogens is 319 g/mol. The summed E-state index contributed by atoms with van der Waals surface area (Å²) in [6, 6.07) is 8.66. The quantitative estimate of drug-likeness (QED) is 0.874. The van der Waals surface area contributed by atoms with Crippen LogP contribution in [0.1, 0.15) is 29.9 Å². The van der Waals surface area contributed by atoms with Crippen molar-refractivity contribution in [3.05, 3.63) is 53.1 Å². The van der Waals surface area contributed by atoms with Crippen molar-refractivity contribution in [1.29, 1.82) is 0 Å². The number of nitrogens with zero attached hydrogens (tertiary/aromatic N) is 3. The predicted octanol–water partition coefficient (Wildman–Crippen LogP) is 2.24. The molecule has 1 aliphatic rings. The number of rotatable bonds is 6. The number of aromatic nitrogens is 2. The van der Waals surface area contributed by atoms with Crippen LogP contribution in [0.15, 0.2) is 30.3 Å². The maximum Gasteiger partial charge on any atom is 0.237 e. The summed E-state index contributed by atoms with van der Waals surface area (Å²) in [6.45, 7) is 8.24. The van der Waals surface area contributed by atoms with Gasteiger partial charge in [0.05, 0.1) is 17.8 Å². The van der Waals surface area contributed by atoms with Gasteiger partial charge in [-0.25, -0.2) is 4.39 Å². The zero-order valence-corrected chi connectivity index (χ0v) is 15.0. The fourth-order valence-corrected chi connectivity index (χ4v) is 3.27. The zero-order valence-electron chi connectivity index (χ0n) is 15.0. The molecule has 1 atom stereocenters. The number of halogens is 1. The van der Waals surface area contributed by atoms with Crippen LogP contribution in [0.4, 0.5) is 4.39 Å².